The van der Waals surface area contributed by atoms with Crippen LogP contribution in [0, 0.1) is 0 Å². The monoisotopic (exact) mass is 382 g/mol. The molecule has 0 unspecified atom stereocenters. The summed E-state index contributed by atoms with van der Waals surface area (Å²) in [5, 5.41) is 3.37. The molecule has 0 aliphatic carbocycles. The maximum atomic E-state index is 12.7. The fraction of sp³-hybridized carbons (Fsp3) is 0.182. The normalized spacial score (nSPS) is 11.9. The van der Waals surface area contributed by atoms with Gasteiger partial charge in [0.2, 0.25) is 0 Å². The lowest BCUT2D eigenvalue weighted by Gasteiger charge is -2.13. The molecule has 0 spiro atoms. The molecule has 0 aliphatic rings. The van der Waals surface area contributed by atoms with Crippen molar-refractivity contribution in [3.8, 4) is 0 Å². The van der Waals surface area contributed by atoms with Crippen LogP contribution in [0.3, 0.4) is 0 Å². The van der Waals surface area contributed by atoms with E-state index < -0.39 is 11.9 Å². The zero-order valence-electron chi connectivity index (χ0n) is 9.07. The Morgan fingerprint density at radius 3 is 2.33 bits per heavy atom. The van der Waals surface area contributed by atoms with Crippen molar-refractivity contribution in [1.29, 1.82) is 0 Å². The molecular formula is C11H7Br2F3N2. The van der Waals surface area contributed by atoms with E-state index in [1.165, 1.54) is 0 Å². The van der Waals surface area contributed by atoms with Gasteiger partial charge in [-0.05, 0) is 34.1 Å². The maximum Gasteiger partial charge on any atom is 0.433 e. The SMILES string of the molecule is CNc1cc(C(F)(F)F)nc2c(Br)ccc(Br)c12. The topological polar surface area (TPSA) is 24.9 Å². The predicted molar refractivity (Wildman–Crippen MR) is 71.7 cm³/mol. The number of alkyl halides is 3. The first-order valence-electron chi connectivity index (χ1n) is 4.88. The zero-order valence-corrected chi connectivity index (χ0v) is 12.2. The van der Waals surface area contributed by atoms with Gasteiger partial charge < -0.3 is 5.32 Å². The molecule has 2 aromatic rings. The molecular weight excluding hydrogens is 377 g/mol. The summed E-state index contributed by atoms with van der Waals surface area (Å²) in [7, 11) is 1.57. The molecule has 1 aromatic heterocycles. The number of fused-ring (bicyclic) bond motifs is 1. The third-order valence-corrected chi connectivity index (χ3v) is 3.72. The van der Waals surface area contributed by atoms with Crippen LogP contribution in [0.1, 0.15) is 5.69 Å². The number of hydrogen-bond donors (Lipinski definition) is 1. The first-order chi connectivity index (χ1) is 8.34. The lowest BCUT2D eigenvalue weighted by molar-refractivity contribution is -0.140. The number of hydrogen-bond acceptors (Lipinski definition) is 2. The van der Waals surface area contributed by atoms with E-state index in [1.807, 2.05) is 0 Å². The van der Waals surface area contributed by atoms with Crippen molar-refractivity contribution >= 4 is 48.5 Å². The molecule has 1 N–H and O–H groups in total. The zero-order chi connectivity index (χ0) is 13.5. The maximum absolute atomic E-state index is 12.7. The van der Waals surface area contributed by atoms with Crippen LogP contribution in [0.5, 0.6) is 0 Å². The number of nitrogens with one attached hydrogen (secondary N) is 1. The Labute approximate surface area is 118 Å². The molecule has 0 bridgehead atoms. The molecule has 18 heavy (non-hydrogen) atoms. The molecule has 0 atom stereocenters. The number of anilines is 1. The summed E-state index contributed by atoms with van der Waals surface area (Å²) in [4.78, 5) is 3.67. The Kier molecular flexibility index (Phi) is 3.55. The average molecular weight is 384 g/mol. The fourth-order valence-corrected chi connectivity index (χ4v) is 2.56. The summed E-state index contributed by atoms with van der Waals surface area (Å²) >= 11 is 6.53. The molecule has 1 heterocycles. The minimum Gasteiger partial charge on any atom is -0.387 e. The Morgan fingerprint density at radius 2 is 1.78 bits per heavy atom. The Bertz CT molecular complexity index is 611. The highest BCUT2D eigenvalue weighted by Crippen LogP contribution is 2.38. The van der Waals surface area contributed by atoms with E-state index in [4.69, 9.17) is 0 Å². The fourth-order valence-electron chi connectivity index (χ4n) is 1.61. The Morgan fingerprint density at radius 1 is 1.17 bits per heavy atom. The summed E-state index contributed by atoms with van der Waals surface area (Å²) in [6, 6.07) is 4.40. The number of pyridine rings is 1. The summed E-state index contributed by atoms with van der Waals surface area (Å²) in [6.07, 6.45) is -4.47. The van der Waals surface area contributed by atoms with E-state index >= 15 is 0 Å². The van der Waals surface area contributed by atoms with Crippen LogP contribution in [0.25, 0.3) is 10.9 Å². The van der Waals surface area contributed by atoms with Gasteiger partial charge in [0.15, 0.2) is 0 Å². The number of aromatic nitrogens is 1. The van der Waals surface area contributed by atoms with Gasteiger partial charge in [0.05, 0.1) is 5.52 Å². The van der Waals surface area contributed by atoms with Crippen LogP contribution < -0.4 is 5.32 Å². The summed E-state index contributed by atoms with van der Waals surface area (Å²) in [6.45, 7) is 0. The standard InChI is InChI=1S/C11H7Br2F3N2/c1-17-7-4-8(11(14,15)16)18-10-6(13)3-2-5(12)9(7)10/h2-4H,1H3,(H,17,18). The van der Waals surface area contributed by atoms with E-state index in [0.717, 1.165) is 6.07 Å². The van der Waals surface area contributed by atoms with Gasteiger partial charge in [0.25, 0.3) is 0 Å². The highest BCUT2D eigenvalue weighted by molar-refractivity contribution is 9.11. The number of rotatable bonds is 1. The van der Waals surface area contributed by atoms with E-state index in [2.05, 4.69) is 42.2 Å². The van der Waals surface area contributed by atoms with Gasteiger partial charge in [-0.25, -0.2) is 4.98 Å². The Hall–Kier alpha value is -0.820. The molecule has 2 nitrogen and oxygen atoms in total. The van der Waals surface area contributed by atoms with E-state index in [9.17, 15) is 13.2 Å². The van der Waals surface area contributed by atoms with Crippen molar-refractivity contribution in [2.75, 3.05) is 12.4 Å². The van der Waals surface area contributed by atoms with Gasteiger partial charge in [0.1, 0.15) is 5.69 Å². The highest BCUT2D eigenvalue weighted by Gasteiger charge is 2.33. The van der Waals surface area contributed by atoms with Crippen LogP contribution in [0.4, 0.5) is 18.9 Å². The lowest BCUT2D eigenvalue weighted by atomic mass is 10.1. The van der Waals surface area contributed by atoms with Crippen molar-refractivity contribution in [2.45, 2.75) is 6.18 Å². The van der Waals surface area contributed by atoms with Crippen LogP contribution in [0.2, 0.25) is 0 Å². The van der Waals surface area contributed by atoms with Gasteiger partial charge in [-0.3, -0.25) is 0 Å². The molecule has 0 saturated heterocycles. The largest absolute Gasteiger partial charge is 0.433 e. The van der Waals surface area contributed by atoms with Crippen molar-refractivity contribution in [2.24, 2.45) is 0 Å². The van der Waals surface area contributed by atoms with Gasteiger partial charge in [-0.2, -0.15) is 13.2 Å². The number of halogens is 5. The minimum absolute atomic E-state index is 0.267. The predicted octanol–water partition coefficient (Wildman–Crippen LogP) is 4.82. The van der Waals surface area contributed by atoms with E-state index in [1.54, 1.807) is 19.2 Å². The third-order valence-electron chi connectivity index (χ3n) is 2.42. The molecule has 0 amide bonds. The van der Waals surface area contributed by atoms with Crippen molar-refractivity contribution in [1.82, 2.24) is 4.98 Å². The van der Waals surface area contributed by atoms with Gasteiger partial charge in [-0.1, -0.05) is 15.9 Å². The third kappa shape index (κ3) is 2.33. The molecule has 0 fully saturated rings. The first kappa shape index (κ1) is 13.6. The summed E-state index contributed by atoms with van der Waals surface area (Å²) in [5.74, 6) is 0. The molecule has 0 radical (unpaired) electrons. The average Bonchev–Trinajstić information content (AvgIpc) is 2.31. The molecule has 7 heteroatoms. The molecule has 1 aromatic carbocycles. The van der Waals surface area contributed by atoms with Crippen LogP contribution in [-0.4, -0.2) is 12.0 Å². The quantitative estimate of drug-likeness (QED) is 0.763. The highest BCUT2D eigenvalue weighted by atomic mass is 79.9. The van der Waals surface area contributed by atoms with Crippen LogP contribution in [-0.2, 0) is 6.18 Å². The summed E-state index contributed by atoms with van der Waals surface area (Å²) < 4.78 is 39.4. The molecule has 0 aliphatic heterocycles. The number of benzene rings is 1. The second-order valence-corrected chi connectivity index (χ2v) is 5.26. The van der Waals surface area contributed by atoms with Gasteiger partial charge in [-0.15, -0.1) is 0 Å². The Balaban J connectivity index is 2.88. The van der Waals surface area contributed by atoms with E-state index in [-0.39, 0.29) is 5.52 Å². The second kappa shape index (κ2) is 4.70. The van der Waals surface area contributed by atoms with Crippen molar-refractivity contribution in [3.05, 3.63) is 32.8 Å². The van der Waals surface area contributed by atoms with Crippen molar-refractivity contribution < 1.29 is 13.2 Å². The van der Waals surface area contributed by atoms with Crippen LogP contribution >= 0.6 is 31.9 Å². The van der Waals surface area contributed by atoms with Gasteiger partial charge >= 0.3 is 6.18 Å². The van der Waals surface area contributed by atoms with Gasteiger partial charge in [0, 0.05) is 27.1 Å². The van der Waals surface area contributed by atoms with Crippen molar-refractivity contribution in [3.63, 3.8) is 0 Å². The molecule has 2 rings (SSSR count). The number of nitrogens with zero attached hydrogens (tertiary/aromatic N) is 1. The summed E-state index contributed by atoms with van der Waals surface area (Å²) in [5.41, 5.74) is -0.276. The lowest BCUT2D eigenvalue weighted by Crippen LogP contribution is -2.09. The first-order valence-corrected chi connectivity index (χ1v) is 6.47. The minimum atomic E-state index is -4.47. The second-order valence-electron chi connectivity index (χ2n) is 3.56. The van der Waals surface area contributed by atoms with E-state index in [0.29, 0.717) is 20.0 Å². The smallest absolute Gasteiger partial charge is 0.387 e. The molecule has 0 saturated carbocycles. The molecule has 96 valence electrons. The van der Waals surface area contributed by atoms with Crippen LogP contribution in [0.15, 0.2) is 27.1 Å².